The number of hydrogen-bond donors (Lipinski definition) is 0. The maximum absolute atomic E-state index is 13.5. The summed E-state index contributed by atoms with van der Waals surface area (Å²) in [5.74, 6) is -0.727. The standard InChI is InChI=1S/C22H24F2N2O/c1-14-5-3-4-6-18(14)22-19-13-25(11-17(19)12-26(22)15(2)27)10-16-7-8-20(23)21(24)9-16/h3-9,17,19,22H,10-13H2,1-2H3/t17-,19-,22+/m1/s1. The van der Waals surface area contributed by atoms with Gasteiger partial charge in [0.15, 0.2) is 11.6 Å². The highest BCUT2D eigenvalue weighted by Crippen LogP contribution is 2.46. The topological polar surface area (TPSA) is 23.6 Å². The molecule has 2 saturated heterocycles. The van der Waals surface area contributed by atoms with Gasteiger partial charge >= 0.3 is 0 Å². The fourth-order valence-corrected chi connectivity index (χ4v) is 4.80. The van der Waals surface area contributed by atoms with Crippen molar-refractivity contribution in [3.05, 3.63) is 70.8 Å². The molecule has 0 bridgehead atoms. The summed E-state index contributed by atoms with van der Waals surface area (Å²) in [5, 5.41) is 0. The van der Waals surface area contributed by atoms with Gasteiger partial charge in [0, 0.05) is 39.0 Å². The highest BCUT2D eigenvalue weighted by molar-refractivity contribution is 5.74. The second-order valence-electron chi connectivity index (χ2n) is 7.84. The predicted octanol–water partition coefficient (Wildman–Crippen LogP) is 3.92. The molecule has 0 saturated carbocycles. The third-order valence-corrected chi connectivity index (χ3v) is 6.04. The first-order valence-corrected chi connectivity index (χ1v) is 9.43. The monoisotopic (exact) mass is 370 g/mol. The van der Waals surface area contributed by atoms with Gasteiger partial charge in [0.05, 0.1) is 6.04 Å². The summed E-state index contributed by atoms with van der Waals surface area (Å²) < 4.78 is 26.7. The number of amides is 1. The zero-order valence-corrected chi connectivity index (χ0v) is 15.7. The van der Waals surface area contributed by atoms with Crippen LogP contribution in [-0.2, 0) is 11.3 Å². The van der Waals surface area contributed by atoms with E-state index in [4.69, 9.17) is 0 Å². The fourth-order valence-electron chi connectivity index (χ4n) is 4.80. The van der Waals surface area contributed by atoms with E-state index in [0.717, 1.165) is 25.2 Å². The zero-order chi connectivity index (χ0) is 19.1. The molecule has 142 valence electrons. The van der Waals surface area contributed by atoms with E-state index in [9.17, 15) is 13.6 Å². The van der Waals surface area contributed by atoms with Gasteiger partial charge in [-0.05, 0) is 41.7 Å². The number of likely N-dealkylation sites (tertiary alicyclic amines) is 2. The van der Waals surface area contributed by atoms with E-state index in [1.54, 1.807) is 13.0 Å². The SMILES string of the molecule is CC(=O)N1C[C@H]2CN(Cc3ccc(F)c(F)c3)C[C@H]2[C@@H]1c1ccccc1C. The van der Waals surface area contributed by atoms with Crippen molar-refractivity contribution in [2.45, 2.75) is 26.4 Å². The van der Waals surface area contributed by atoms with Crippen LogP contribution in [-0.4, -0.2) is 35.3 Å². The predicted molar refractivity (Wildman–Crippen MR) is 99.9 cm³/mol. The van der Waals surface area contributed by atoms with E-state index in [1.807, 2.05) is 17.0 Å². The van der Waals surface area contributed by atoms with Crippen LogP contribution in [0.1, 0.15) is 29.7 Å². The third-order valence-electron chi connectivity index (χ3n) is 6.04. The smallest absolute Gasteiger partial charge is 0.219 e. The van der Waals surface area contributed by atoms with Crippen LogP contribution in [0.3, 0.4) is 0 Å². The van der Waals surface area contributed by atoms with E-state index in [0.29, 0.717) is 18.4 Å². The molecule has 0 N–H and O–H groups in total. The molecular weight excluding hydrogens is 346 g/mol. The number of aryl methyl sites for hydroxylation is 1. The number of benzene rings is 2. The van der Waals surface area contributed by atoms with E-state index < -0.39 is 11.6 Å². The van der Waals surface area contributed by atoms with Crippen LogP contribution in [0.25, 0.3) is 0 Å². The highest BCUT2D eigenvalue weighted by atomic mass is 19.2. The Balaban J connectivity index is 1.56. The number of nitrogens with zero attached hydrogens (tertiary/aromatic N) is 2. The minimum absolute atomic E-state index is 0.0867. The quantitative estimate of drug-likeness (QED) is 0.818. The molecule has 0 aliphatic carbocycles. The van der Waals surface area contributed by atoms with Gasteiger partial charge in [-0.2, -0.15) is 0 Å². The van der Waals surface area contributed by atoms with Gasteiger partial charge in [-0.25, -0.2) is 8.78 Å². The first kappa shape index (κ1) is 18.1. The Bertz CT molecular complexity index is 869. The summed E-state index contributed by atoms with van der Waals surface area (Å²) in [6.45, 7) is 6.82. The summed E-state index contributed by atoms with van der Waals surface area (Å²) >= 11 is 0. The van der Waals surface area contributed by atoms with Crippen molar-refractivity contribution in [3.63, 3.8) is 0 Å². The Labute approximate surface area is 158 Å². The Morgan fingerprint density at radius 1 is 1.07 bits per heavy atom. The number of carbonyl (C=O) groups excluding carboxylic acids is 1. The minimum atomic E-state index is -0.811. The van der Waals surface area contributed by atoms with E-state index in [1.165, 1.54) is 23.3 Å². The van der Waals surface area contributed by atoms with Crippen LogP contribution in [0.15, 0.2) is 42.5 Å². The van der Waals surface area contributed by atoms with E-state index in [2.05, 4.69) is 24.0 Å². The maximum atomic E-state index is 13.5. The summed E-state index contributed by atoms with van der Waals surface area (Å²) in [6, 6.07) is 12.5. The molecule has 2 aromatic carbocycles. The van der Waals surface area contributed by atoms with Gasteiger partial charge in [0.1, 0.15) is 0 Å². The van der Waals surface area contributed by atoms with Crippen molar-refractivity contribution in [1.82, 2.24) is 9.80 Å². The molecule has 27 heavy (non-hydrogen) atoms. The van der Waals surface area contributed by atoms with Crippen molar-refractivity contribution in [3.8, 4) is 0 Å². The second-order valence-corrected chi connectivity index (χ2v) is 7.84. The lowest BCUT2D eigenvalue weighted by atomic mass is 9.87. The van der Waals surface area contributed by atoms with Crippen molar-refractivity contribution in [2.75, 3.05) is 19.6 Å². The molecule has 5 heteroatoms. The molecule has 0 radical (unpaired) electrons. The largest absolute Gasteiger partial charge is 0.335 e. The van der Waals surface area contributed by atoms with Crippen LogP contribution in [0, 0.1) is 30.4 Å². The Morgan fingerprint density at radius 3 is 2.56 bits per heavy atom. The summed E-state index contributed by atoms with van der Waals surface area (Å²) in [6.07, 6.45) is 0. The molecule has 2 fully saturated rings. The Morgan fingerprint density at radius 2 is 1.85 bits per heavy atom. The Hall–Kier alpha value is -2.27. The highest BCUT2D eigenvalue weighted by Gasteiger charge is 2.48. The molecule has 2 aromatic rings. The molecule has 3 atom stereocenters. The van der Waals surface area contributed by atoms with Gasteiger partial charge in [-0.3, -0.25) is 9.69 Å². The normalized spacial score (nSPS) is 25.0. The van der Waals surface area contributed by atoms with Gasteiger partial charge in [-0.15, -0.1) is 0 Å². The van der Waals surface area contributed by atoms with Crippen LogP contribution < -0.4 is 0 Å². The maximum Gasteiger partial charge on any atom is 0.219 e. The summed E-state index contributed by atoms with van der Waals surface area (Å²) in [4.78, 5) is 16.6. The van der Waals surface area contributed by atoms with Gasteiger partial charge in [0.25, 0.3) is 0 Å². The lowest BCUT2D eigenvalue weighted by Crippen LogP contribution is -2.34. The van der Waals surface area contributed by atoms with Crippen molar-refractivity contribution >= 4 is 5.91 Å². The average Bonchev–Trinajstić information content (AvgIpc) is 3.16. The van der Waals surface area contributed by atoms with Gasteiger partial charge in [-0.1, -0.05) is 30.3 Å². The molecule has 0 aromatic heterocycles. The molecule has 1 amide bonds. The first-order valence-electron chi connectivity index (χ1n) is 9.43. The summed E-state index contributed by atoms with van der Waals surface area (Å²) in [7, 11) is 0. The molecular formula is C22H24F2N2O. The van der Waals surface area contributed by atoms with Crippen LogP contribution in [0.2, 0.25) is 0 Å². The van der Waals surface area contributed by atoms with E-state index >= 15 is 0 Å². The minimum Gasteiger partial charge on any atom is -0.335 e. The molecule has 2 heterocycles. The van der Waals surface area contributed by atoms with Crippen LogP contribution >= 0.6 is 0 Å². The average molecular weight is 370 g/mol. The number of rotatable bonds is 3. The van der Waals surface area contributed by atoms with Gasteiger partial charge < -0.3 is 4.90 Å². The van der Waals surface area contributed by atoms with Crippen molar-refractivity contribution < 1.29 is 13.6 Å². The number of hydrogen-bond acceptors (Lipinski definition) is 2. The molecule has 0 spiro atoms. The zero-order valence-electron chi connectivity index (χ0n) is 15.7. The summed E-state index contributed by atoms with van der Waals surface area (Å²) in [5.41, 5.74) is 3.20. The van der Waals surface area contributed by atoms with Crippen LogP contribution in [0.5, 0.6) is 0 Å². The molecule has 3 nitrogen and oxygen atoms in total. The molecule has 2 aliphatic heterocycles. The lowest BCUT2D eigenvalue weighted by molar-refractivity contribution is -0.130. The van der Waals surface area contributed by atoms with Gasteiger partial charge in [0.2, 0.25) is 5.91 Å². The number of carbonyl (C=O) groups is 1. The Kier molecular flexibility index (Phi) is 4.72. The lowest BCUT2D eigenvalue weighted by Gasteiger charge is -2.30. The number of halogens is 2. The van der Waals surface area contributed by atoms with E-state index in [-0.39, 0.29) is 11.9 Å². The van der Waals surface area contributed by atoms with Crippen LogP contribution in [0.4, 0.5) is 8.78 Å². The van der Waals surface area contributed by atoms with Crippen molar-refractivity contribution in [2.24, 2.45) is 11.8 Å². The second kappa shape index (κ2) is 7.04. The molecule has 4 rings (SSSR count). The number of fused-ring (bicyclic) bond motifs is 1. The fraction of sp³-hybridized carbons (Fsp3) is 0.409. The first-order chi connectivity index (χ1) is 12.9. The third kappa shape index (κ3) is 3.36. The van der Waals surface area contributed by atoms with Crippen molar-refractivity contribution in [1.29, 1.82) is 0 Å². The molecule has 2 aliphatic rings. The molecule has 0 unspecified atom stereocenters.